The van der Waals surface area contributed by atoms with E-state index in [0.29, 0.717) is 0 Å². The molecule has 2 N–H and O–H groups in total. The van der Waals surface area contributed by atoms with Crippen molar-refractivity contribution in [3.63, 3.8) is 0 Å². The highest BCUT2D eigenvalue weighted by atomic mass is 16.5. The van der Waals surface area contributed by atoms with Gasteiger partial charge in [0.05, 0.1) is 6.61 Å². The molecule has 0 aliphatic heterocycles. The summed E-state index contributed by atoms with van der Waals surface area (Å²) in [6.45, 7) is 9.42. The van der Waals surface area contributed by atoms with Gasteiger partial charge in [-0.3, -0.25) is 0 Å². The van der Waals surface area contributed by atoms with E-state index in [0.717, 1.165) is 24.7 Å². The van der Waals surface area contributed by atoms with Crippen LogP contribution in [0.3, 0.4) is 0 Å². The van der Waals surface area contributed by atoms with E-state index in [1.165, 1.54) is 35.1 Å². The zero-order valence-corrected chi connectivity index (χ0v) is 12.0. The lowest BCUT2D eigenvalue weighted by Crippen LogP contribution is -2.19. The summed E-state index contributed by atoms with van der Waals surface area (Å²) in [4.78, 5) is 0. The zero-order valence-electron chi connectivity index (χ0n) is 12.0. The Balaban J connectivity index is 2.21. The SMILES string of the molecule is Cc1cc(CC(C)N)c(C)c(C)c1OCC1CC1. The summed E-state index contributed by atoms with van der Waals surface area (Å²) in [5.41, 5.74) is 11.1. The van der Waals surface area contributed by atoms with Gasteiger partial charge in [0.25, 0.3) is 0 Å². The summed E-state index contributed by atoms with van der Waals surface area (Å²) < 4.78 is 6.00. The van der Waals surface area contributed by atoms with Crippen LogP contribution in [0.2, 0.25) is 0 Å². The number of rotatable bonds is 5. The predicted octanol–water partition coefficient (Wildman–Crippen LogP) is 3.29. The molecule has 2 rings (SSSR count). The first kappa shape index (κ1) is 13.4. The van der Waals surface area contributed by atoms with E-state index < -0.39 is 0 Å². The minimum atomic E-state index is 0.209. The second kappa shape index (κ2) is 5.31. The van der Waals surface area contributed by atoms with E-state index in [9.17, 15) is 0 Å². The molecule has 0 spiro atoms. The first-order valence-corrected chi connectivity index (χ1v) is 6.97. The smallest absolute Gasteiger partial charge is 0.125 e. The van der Waals surface area contributed by atoms with E-state index in [1.807, 2.05) is 0 Å². The molecule has 1 unspecified atom stereocenters. The Morgan fingerprint density at radius 1 is 1.28 bits per heavy atom. The van der Waals surface area contributed by atoms with Gasteiger partial charge < -0.3 is 10.5 Å². The molecule has 100 valence electrons. The number of benzene rings is 1. The van der Waals surface area contributed by atoms with Crippen molar-refractivity contribution in [3.8, 4) is 5.75 Å². The van der Waals surface area contributed by atoms with Crippen LogP contribution < -0.4 is 10.5 Å². The van der Waals surface area contributed by atoms with Gasteiger partial charge in [0.1, 0.15) is 5.75 Å². The highest BCUT2D eigenvalue weighted by molar-refractivity contribution is 5.49. The van der Waals surface area contributed by atoms with Crippen LogP contribution in [-0.2, 0) is 6.42 Å². The molecule has 1 aliphatic carbocycles. The van der Waals surface area contributed by atoms with Gasteiger partial charge in [-0.2, -0.15) is 0 Å². The van der Waals surface area contributed by atoms with Gasteiger partial charge >= 0.3 is 0 Å². The maximum Gasteiger partial charge on any atom is 0.125 e. The molecule has 1 atom stereocenters. The van der Waals surface area contributed by atoms with Gasteiger partial charge in [-0.05, 0) is 75.1 Å². The Morgan fingerprint density at radius 3 is 2.50 bits per heavy atom. The quantitative estimate of drug-likeness (QED) is 0.866. The van der Waals surface area contributed by atoms with E-state index in [-0.39, 0.29) is 6.04 Å². The topological polar surface area (TPSA) is 35.2 Å². The molecule has 1 aromatic rings. The average molecular weight is 247 g/mol. The zero-order chi connectivity index (χ0) is 13.3. The fourth-order valence-corrected chi connectivity index (χ4v) is 2.41. The normalized spacial score (nSPS) is 16.7. The maximum absolute atomic E-state index is 6.00. The molecule has 0 amide bonds. The Bertz CT molecular complexity index is 433. The van der Waals surface area contributed by atoms with E-state index >= 15 is 0 Å². The lowest BCUT2D eigenvalue weighted by molar-refractivity contribution is 0.295. The minimum Gasteiger partial charge on any atom is -0.493 e. The van der Waals surface area contributed by atoms with E-state index in [2.05, 4.69) is 33.8 Å². The molecule has 1 saturated carbocycles. The summed E-state index contributed by atoms with van der Waals surface area (Å²) in [7, 11) is 0. The van der Waals surface area contributed by atoms with Crippen LogP contribution in [0.1, 0.15) is 42.0 Å². The highest BCUT2D eigenvalue weighted by Crippen LogP contribution is 2.33. The molecule has 2 nitrogen and oxygen atoms in total. The lowest BCUT2D eigenvalue weighted by atomic mass is 9.95. The van der Waals surface area contributed by atoms with Crippen LogP contribution in [-0.4, -0.2) is 12.6 Å². The average Bonchev–Trinajstić information content (AvgIpc) is 3.08. The maximum atomic E-state index is 6.00. The molecule has 0 heterocycles. The molecular weight excluding hydrogens is 222 g/mol. The van der Waals surface area contributed by atoms with Gasteiger partial charge in [0.15, 0.2) is 0 Å². The van der Waals surface area contributed by atoms with Crippen molar-refractivity contribution in [2.75, 3.05) is 6.61 Å². The second-order valence-electron chi connectivity index (χ2n) is 5.87. The molecule has 18 heavy (non-hydrogen) atoms. The monoisotopic (exact) mass is 247 g/mol. The number of hydrogen-bond acceptors (Lipinski definition) is 2. The highest BCUT2D eigenvalue weighted by Gasteiger charge is 2.23. The van der Waals surface area contributed by atoms with Crippen LogP contribution in [0.15, 0.2) is 6.07 Å². The Kier molecular flexibility index (Phi) is 3.96. The van der Waals surface area contributed by atoms with Gasteiger partial charge in [-0.25, -0.2) is 0 Å². The first-order valence-electron chi connectivity index (χ1n) is 6.97. The van der Waals surface area contributed by atoms with Crippen LogP contribution in [0.4, 0.5) is 0 Å². The third kappa shape index (κ3) is 3.05. The van der Waals surface area contributed by atoms with Crippen LogP contribution >= 0.6 is 0 Å². The van der Waals surface area contributed by atoms with Gasteiger partial charge in [0.2, 0.25) is 0 Å². The Morgan fingerprint density at radius 2 is 1.94 bits per heavy atom. The molecule has 0 aromatic heterocycles. The Hall–Kier alpha value is -1.02. The van der Waals surface area contributed by atoms with Gasteiger partial charge in [-0.1, -0.05) is 6.07 Å². The summed E-state index contributed by atoms with van der Waals surface area (Å²) in [5, 5.41) is 0. The Labute approximate surface area is 111 Å². The third-order valence-corrected chi connectivity index (χ3v) is 3.84. The van der Waals surface area contributed by atoms with Crippen molar-refractivity contribution >= 4 is 0 Å². The molecular formula is C16H25NO. The second-order valence-corrected chi connectivity index (χ2v) is 5.87. The van der Waals surface area contributed by atoms with Crippen LogP contribution in [0.25, 0.3) is 0 Å². The molecule has 1 fully saturated rings. The number of aryl methyl sites for hydroxylation is 1. The molecule has 1 aliphatic rings. The van der Waals surface area contributed by atoms with Crippen molar-refractivity contribution in [3.05, 3.63) is 28.3 Å². The summed E-state index contributed by atoms with van der Waals surface area (Å²) in [6, 6.07) is 2.45. The van der Waals surface area contributed by atoms with Gasteiger partial charge in [-0.15, -0.1) is 0 Å². The van der Waals surface area contributed by atoms with Crippen molar-refractivity contribution in [1.29, 1.82) is 0 Å². The largest absolute Gasteiger partial charge is 0.493 e. The standard InChI is InChI=1S/C16H25NO/c1-10-7-15(8-11(2)17)12(3)13(4)16(10)18-9-14-5-6-14/h7,11,14H,5-6,8-9,17H2,1-4H3. The summed E-state index contributed by atoms with van der Waals surface area (Å²) in [5.74, 6) is 1.89. The fraction of sp³-hybridized carbons (Fsp3) is 0.625. The summed E-state index contributed by atoms with van der Waals surface area (Å²) in [6.07, 6.45) is 3.61. The van der Waals surface area contributed by atoms with E-state index in [1.54, 1.807) is 0 Å². The molecule has 0 bridgehead atoms. The number of hydrogen-bond donors (Lipinski definition) is 1. The lowest BCUT2D eigenvalue weighted by Gasteiger charge is -2.18. The first-order chi connectivity index (χ1) is 8.49. The van der Waals surface area contributed by atoms with Crippen molar-refractivity contribution < 1.29 is 4.74 Å². The van der Waals surface area contributed by atoms with Crippen LogP contribution in [0.5, 0.6) is 5.75 Å². The molecule has 0 saturated heterocycles. The van der Waals surface area contributed by atoms with Crippen molar-refractivity contribution in [2.45, 2.75) is 53.0 Å². The number of nitrogens with two attached hydrogens (primary N) is 1. The van der Waals surface area contributed by atoms with Crippen molar-refractivity contribution in [2.24, 2.45) is 11.7 Å². The number of ether oxygens (including phenoxy) is 1. The summed E-state index contributed by atoms with van der Waals surface area (Å²) >= 11 is 0. The third-order valence-electron chi connectivity index (χ3n) is 3.84. The predicted molar refractivity (Wildman–Crippen MR) is 76.2 cm³/mol. The van der Waals surface area contributed by atoms with E-state index in [4.69, 9.17) is 10.5 Å². The fourth-order valence-electron chi connectivity index (χ4n) is 2.41. The molecule has 2 heteroatoms. The minimum absolute atomic E-state index is 0.209. The molecule has 0 radical (unpaired) electrons. The van der Waals surface area contributed by atoms with Crippen molar-refractivity contribution in [1.82, 2.24) is 0 Å². The molecule has 1 aromatic carbocycles. The van der Waals surface area contributed by atoms with Gasteiger partial charge in [0, 0.05) is 6.04 Å². The van der Waals surface area contributed by atoms with Crippen LogP contribution in [0, 0.1) is 26.7 Å².